The van der Waals surface area contributed by atoms with E-state index >= 15 is 0 Å². The Morgan fingerprint density at radius 2 is 1.05 bits per heavy atom. The lowest BCUT2D eigenvalue weighted by Crippen LogP contribution is -1.97. The van der Waals surface area contributed by atoms with Gasteiger partial charge in [0.25, 0.3) is 0 Å². The first kappa shape index (κ1) is 32.1. The van der Waals surface area contributed by atoms with Gasteiger partial charge in [0.1, 0.15) is 11.2 Å². The molecule has 5 heteroatoms. The number of hydrogen-bond acceptors (Lipinski definition) is 3. The van der Waals surface area contributed by atoms with Gasteiger partial charge < -0.3 is 13.6 Å². The molecule has 0 radical (unpaired) electrons. The molecule has 0 amide bonds. The second-order valence-electron chi connectivity index (χ2n) is 15.3. The lowest BCUT2D eigenvalue weighted by atomic mass is 10.1. The predicted octanol–water partition coefficient (Wildman–Crippen LogP) is 14.2. The lowest BCUT2D eigenvalue weighted by Gasteiger charge is -2.12. The minimum Gasteiger partial charge on any atom is -0.456 e. The van der Waals surface area contributed by atoms with Crippen LogP contribution in [0.25, 0.3) is 121 Å². The van der Waals surface area contributed by atoms with Gasteiger partial charge in [0, 0.05) is 54.8 Å². The van der Waals surface area contributed by atoms with Crippen molar-refractivity contribution in [3.8, 4) is 34.0 Å². The van der Waals surface area contributed by atoms with Crippen LogP contribution in [-0.2, 0) is 0 Å². The molecule has 0 aliphatic carbocycles. The Labute approximate surface area is 337 Å². The Balaban J connectivity index is 1.11. The van der Waals surface area contributed by atoms with Crippen LogP contribution in [0.1, 0.15) is 0 Å². The van der Waals surface area contributed by atoms with Gasteiger partial charge in [-0.05, 0) is 83.6 Å². The van der Waals surface area contributed by atoms with Crippen LogP contribution in [-0.4, -0.2) is 19.1 Å². The Hall–Kier alpha value is -8.02. The molecule has 0 atom stereocenters. The van der Waals surface area contributed by atoms with Crippen LogP contribution in [0.3, 0.4) is 0 Å². The first-order valence-corrected chi connectivity index (χ1v) is 20.0. The molecule has 13 aromatic rings. The molecule has 0 aliphatic rings. The van der Waals surface area contributed by atoms with E-state index in [0.29, 0.717) is 5.82 Å². The highest BCUT2D eigenvalue weighted by atomic mass is 16.3. The number of furan rings is 1. The Kier molecular flexibility index (Phi) is 6.66. The van der Waals surface area contributed by atoms with E-state index in [1.54, 1.807) is 0 Å². The highest BCUT2D eigenvalue weighted by molar-refractivity contribution is 6.31. The standard InChI is InChI=1S/C54H32N4O/c1-2-13-34(14-3-1)51-41-16-6-9-19-44(41)55-54(56-51)35-23-25-37(26-24-35)58-52-39(40-29-31-48-50(53(40)58)43-18-8-11-21-47(43)59-48)28-30-46-49(52)42-17-7-10-20-45(42)57(46)38-27-22-33-12-4-5-15-36(33)32-38/h1-32H. The quantitative estimate of drug-likeness (QED) is 0.180. The van der Waals surface area contributed by atoms with E-state index in [1.165, 1.54) is 37.8 Å². The van der Waals surface area contributed by atoms with Crippen molar-refractivity contribution < 1.29 is 4.42 Å². The number of rotatable bonds is 4. The van der Waals surface area contributed by atoms with E-state index in [1.807, 2.05) is 18.2 Å². The summed E-state index contributed by atoms with van der Waals surface area (Å²) in [5.41, 5.74) is 12.4. The van der Waals surface area contributed by atoms with Crippen LogP contribution in [0, 0.1) is 0 Å². The van der Waals surface area contributed by atoms with Crippen LogP contribution in [0.5, 0.6) is 0 Å². The maximum Gasteiger partial charge on any atom is 0.160 e. The van der Waals surface area contributed by atoms with Crippen molar-refractivity contribution in [3.05, 3.63) is 194 Å². The molecule has 13 rings (SSSR count). The molecule has 9 aromatic carbocycles. The molecule has 274 valence electrons. The number of hydrogen-bond donors (Lipinski definition) is 0. The predicted molar refractivity (Wildman–Crippen MR) is 244 cm³/mol. The molecule has 0 saturated heterocycles. The molecular formula is C54H32N4O. The third-order valence-electron chi connectivity index (χ3n) is 12.1. The molecule has 0 N–H and O–H groups in total. The third kappa shape index (κ3) is 4.67. The maximum absolute atomic E-state index is 6.53. The van der Waals surface area contributed by atoms with Crippen LogP contribution in [0.15, 0.2) is 199 Å². The Morgan fingerprint density at radius 3 is 1.92 bits per heavy atom. The van der Waals surface area contributed by atoms with Crippen molar-refractivity contribution >= 4 is 87.2 Å². The monoisotopic (exact) mass is 752 g/mol. The topological polar surface area (TPSA) is 48.8 Å². The average molecular weight is 753 g/mol. The minimum absolute atomic E-state index is 0.695. The van der Waals surface area contributed by atoms with Gasteiger partial charge in [-0.25, -0.2) is 9.97 Å². The van der Waals surface area contributed by atoms with Gasteiger partial charge in [-0.15, -0.1) is 0 Å². The number of aromatic nitrogens is 4. The van der Waals surface area contributed by atoms with Gasteiger partial charge in [0.15, 0.2) is 5.82 Å². The zero-order valence-corrected chi connectivity index (χ0v) is 31.7. The molecule has 0 saturated carbocycles. The summed E-state index contributed by atoms with van der Waals surface area (Å²) < 4.78 is 11.4. The lowest BCUT2D eigenvalue weighted by molar-refractivity contribution is 0.669. The summed E-state index contributed by atoms with van der Waals surface area (Å²) in [6.07, 6.45) is 0. The number of nitrogens with zero attached hydrogens (tertiary/aromatic N) is 4. The van der Waals surface area contributed by atoms with Gasteiger partial charge in [0.2, 0.25) is 0 Å². The summed E-state index contributed by atoms with van der Waals surface area (Å²) in [5.74, 6) is 0.695. The first-order valence-electron chi connectivity index (χ1n) is 20.0. The van der Waals surface area contributed by atoms with E-state index in [4.69, 9.17) is 14.4 Å². The SMILES string of the molecule is c1ccc(-c2nc(-c3ccc(-n4c5c(ccc6oc7ccccc7c65)c5ccc6c(c7ccccc7n6-c6ccc7ccccc7c6)c54)cc3)nc3ccccc23)cc1. The number of para-hydroxylation sites is 3. The van der Waals surface area contributed by atoms with E-state index in [2.05, 4.69) is 185 Å². The average Bonchev–Trinajstić information content (AvgIpc) is 3.96. The summed E-state index contributed by atoms with van der Waals surface area (Å²) in [6.45, 7) is 0. The second kappa shape index (κ2) is 12.2. The molecular weight excluding hydrogens is 721 g/mol. The largest absolute Gasteiger partial charge is 0.456 e. The molecule has 4 aromatic heterocycles. The van der Waals surface area contributed by atoms with E-state index < -0.39 is 0 Å². The summed E-state index contributed by atoms with van der Waals surface area (Å²) in [6, 6.07) is 68.9. The molecule has 0 fully saturated rings. The molecule has 59 heavy (non-hydrogen) atoms. The van der Waals surface area contributed by atoms with Crippen molar-refractivity contribution in [2.45, 2.75) is 0 Å². The van der Waals surface area contributed by atoms with E-state index in [-0.39, 0.29) is 0 Å². The third-order valence-corrected chi connectivity index (χ3v) is 12.1. The smallest absolute Gasteiger partial charge is 0.160 e. The Bertz CT molecular complexity index is 3830. The fraction of sp³-hybridized carbons (Fsp3) is 0. The van der Waals surface area contributed by atoms with Crippen LogP contribution < -0.4 is 0 Å². The van der Waals surface area contributed by atoms with Crippen molar-refractivity contribution in [2.24, 2.45) is 0 Å². The van der Waals surface area contributed by atoms with Crippen molar-refractivity contribution in [1.82, 2.24) is 19.1 Å². The highest BCUT2D eigenvalue weighted by Crippen LogP contribution is 2.46. The van der Waals surface area contributed by atoms with Gasteiger partial charge in [0.05, 0.1) is 38.7 Å². The summed E-state index contributed by atoms with van der Waals surface area (Å²) in [4.78, 5) is 10.3. The van der Waals surface area contributed by atoms with Crippen molar-refractivity contribution in [1.29, 1.82) is 0 Å². The number of fused-ring (bicyclic) bond motifs is 13. The molecule has 5 nitrogen and oxygen atoms in total. The fourth-order valence-electron chi connectivity index (χ4n) is 9.49. The zero-order valence-electron chi connectivity index (χ0n) is 31.7. The summed E-state index contributed by atoms with van der Waals surface area (Å²) in [7, 11) is 0. The van der Waals surface area contributed by atoms with E-state index in [0.717, 1.165) is 77.6 Å². The molecule has 0 bridgehead atoms. The normalized spacial score (nSPS) is 12.1. The van der Waals surface area contributed by atoms with Gasteiger partial charge >= 0.3 is 0 Å². The van der Waals surface area contributed by atoms with Crippen molar-refractivity contribution in [2.75, 3.05) is 0 Å². The summed E-state index contributed by atoms with van der Waals surface area (Å²) in [5, 5.41) is 10.5. The van der Waals surface area contributed by atoms with Gasteiger partial charge in [-0.1, -0.05) is 121 Å². The zero-order chi connectivity index (χ0) is 38.6. The highest BCUT2D eigenvalue weighted by Gasteiger charge is 2.24. The fourth-order valence-corrected chi connectivity index (χ4v) is 9.49. The van der Waals surface area contributed by atoms with Crippen LogP contribution in [0.2, 0.25) is 0 Å². The second-order valence-corrected chi connectivity index (χ2v) is 15.3. The van der Waals surface area contributed by atoms with Gasteiger partial charge in [-0.3, -0.25) is 0 Å². The number of benzene rings is 9. The molecule has 0 spiro atoms. The molecule has 4 heterocycles. The molecule has 0 unspecified atom stereocenters. The van der Waals surface area contributed by atoms with Crippen LogP contribution >= 0.6 is 0 Å². The van der Waals surface area contributed by atoms with Crippen molar-refractivity contribution in [3.63, 3.8) is 0 Å². The Morgan fingerprint density at radius 1 is 0.373 bits per heavy atom. The summed E-state index contributed by atoms with van der Waals surface area (Å²) >= 11 is 0. The minimum atomic E-state index is 0.695. The van der Waals surface area contributed by atoms with Gasteiger partial charge in [-0.2, -0.15) is 0 Å². The van der Waals surface area contributed by atoms with E-state index in [9.17, 15) is 0 Å². The first-order chi connectivity index (χ1) is 29.3. The molecule has 0 aliphatic heterocycles. The maximum atomic E-state index is 6.53. The van der Waals surface area contributed by atoms with Crippen LogP contribution in [0.4, 0.5) is 0 Å².